The van der Waals surface area contributed by atoms with Crippen LogP contribution in [0.25, 0.3) is 0 Å². The first-order chi connectivity index (χ1) is 9.45. The molecule has 1 unspecified atom stereocenters. The lowest BCUT2D eigenvalue weighted by Crippen LogP contribution is -2.67. The molecular weight excluding hydrogens is 264 g/mol. The SMILES string of the molecule is CCC1(C)CN(CCSc2ccccc2)C(C)(C)CN1. The molecule has 1 fully saturated rings. The van der Waals surface area contributed by atoms with Crippen molar-refractivity contribution in [3.8, 4) is 0 Å². The summed E-state index contributed by atoms with van der Waals surface area (Å²) in [6.45, 7) is 12.7. The predicted molar refractivity (Wildman–Crippen MR) is 89.5 cm³/mol. The first-order valence-corrected chi connectivity index (χ1v) is 8.62. The zero-order chi connectivity index (χ0) is 14.6. The lowest BCUT2D eigenvalue weighted by molar-refractivity contribution is 0.0370. The molecule has 0 aromatic heterocycles. The molecule has 1 saturated heterocycles. The van der Waals surface area contributed by atoms with E-state index in [-0.39, 0.29) is 11.1 Å². The van der Waals surface area contributed by atoms with Gasteiger partial charge in [0.05, 0.1) is 0 Å². The minimum atomic E-state index is 0.256. The summed E-state index contributed by atoms with van der Waals surface area (Å²) in [4.78, 5) is 4.03. The summed E-state index contributed by atoms with van der Waals surface area (Å²) >= 11 is 1.96. The zero-order valence-corrected chi connectivity index (χ0v) is 14.1. The van der Waals surface area contributed by atoms with Crippen molar-refractivity contribution >= 4 is 11.8 Å². The highest BCUT2D eigenvalue weighted by molar-refractivity contribution is 7.99. The molecule has 20 heavy (non-hydrogen) atoms. The quantitative estimate of drug-likeness (QED) is 0.834. The van der Waals surface area contributed by atoms with E-state index in [0.29, 0.717) is 0 Å². The summed E-state index contributed by atoms with van der Waals surface area (Å²) in [5.74, 6) is 1.16. The van der Waals surface area contributed by atoms with Gasteiger partial charge in [-0.05, 0) is 39.3 Å². The van der Waals surface area contributed by atoms with Crippen molar-refractivity contribution in [2.45, 2.75) is 50.1 Å². The summed E-state index contributed by atoms with van der Waals surface area (Å²) in [6.07, 6.45) is 1.19. The Morgan fingerprint density at radius 3 is 2.55 bits per heavy atom. The summed E-state index contributed by atoms with van der Waals surface area (Å²) in [6, 6.07) is 10.7. The van der Waals surface area contributed by atoms with Crippen molar-refractivity contribution in [1.82, 2.24) is 10.2 Å². The molecule has 1 aliphatic heterocycles. The summed E-state index contributed by atoms with van der Waals surface area (Å²) in [7, 11) is 0. The maximum Gasteiger partial charge on any atom is 0.0278 e. The lowest BCUT2D eigenvalue weighted by Gasteiger charge is -2.50. The van der Waals surface area contributed by atoms with Crippen molar-refractivity contribution in [2.75, 3.05) is 25.4 Å². The number of piperazine rings is 1. The Hall–Kier alpha value is -0.510. The van der Waals surface area contributed by atoms with Gasteiger partial charge >= 0.3 is 0 Å². The number of hydrogen-bond donors (Lipinski definition) is 1. The maximum atomic E-state index is 3.73. The van der Waals surface area contributed by atoms with Gasteiger partial charge in [0.1, 0.15) is 0 Å². The van der Waals surface area contributed by atoms with Crippen molar-refractivity contribution < 1.29 is 0 Å². The molecule has 112 valence electrons. The lowest BCUT2D eigenvalue weighted by atomic mass is 9.88. The van der Waals surface area contributed by atoms with Crippen LogP contribution < -0.4 is 5.32 Å². The summed E-state index contributed by atoms with van der Waals surface area (Å²) in [5, 5.41) is 3.73. The maximum absolute atomic E-state index is 3.73. The molecule has 0 bridgehead atoms. The topological polar surface area (TPSA) is 15.3 Å². The summed E-state index contributed by atoms with van der Waals surface area (Å²) in [5.41, 5.74) is 0.527. The van der Waals surface area contributed by atoms with Gasteiger partial charge in [-0.2, -0.15) is 0 Å². The van der Waals surface area contributed by atoms with E-state index >= 15 is 0 Å². The second-order valence-corrected chi connectivity index (χ2v) is 7.83. The molecule has 1 aliphatic rings. The standard InChI is InChI=1S/C17H28N2S/c1-5-17(4)14-19(16(2,3)13-18-17)11-12-20-15-9-7-6-8-10-15/h6-10,18H,5,11-14H2,1-4H3. The van der Waals surface area contributed by atoms with E-state index in [1.54, 1.807) is 0 Å². The molecule has 1 aromatic rings. The van der Waals surface area contributed by atoms with Crippen molar-refractivity contribution in [3.63, 3.8) is 0 Å². The van der Waals surface area contributed by atoms with Crippen LogP contribution in [0, 0.1) is 0 Å². The number of nitrogens with zero attached hydrogens (tertiary/aromatic N) is 1. The van der Waals surface area contributed by atoms with Gasteiger partial charge in [-0.1, -0.05) is 25.1 Å². The predicted octanol–water partition coefficient (Wildman–Crippen LogP) is 3.63. The van der Waals surface area contributed by atoms with Crippen LogP contribution in [0.4, 0.5) is 0 Å². The smallest absolute Gasteiger partial charge is 0.0278 e. The molecule has 0 saturated carbocycles. The van der Waals surface area contributed by atoms with Crippen LogP contribution >= 0.6 is 11.8 Å². The highest BCUT2D eigenvalue weighted by atomic mass is 32.2. The Morgan fingerprint density at radius 2 is 1.90 bits per heavy atom. The Morgan fingerprint density at radius 1 is 1.20 bits per heavy atom. The molecular formula is C17H28N2S. The Balaban J connectivity index is 1.89. The molecule has 0 radical (unpaired) electrons. The highest BCUT2D eigenvalue weighted by Gasteiger charge is 2.38. The average molecular weight is 292 g/mol. The zero-order valence-electron chi connectivity index (χ0n) is 13.3. The van der Waals surface area contributed by atoms with Crippen LogP contribution in [0.2, 0.25) is 0 Å². The van der Waals surface area contributed by atoms with E-state index in [1.807, 2.05) is 11.8 Å². The van der Waals surface area contributed by atoms with Crippen LogP contribution in [0.1, 0.15) is 34.1 Å². The third-order valence-electron chi connectivity index (χ3n) is 4.50. The molecule has 2 nitrogen and oxygen atoms in total. The molecule has 1 heterocycles. The monoisotopic (exact) mass is 292 g/mol. The molecule has 2 rings (SSSR count). The third kappa shape index (κ3) is 4.00. The van der Waals surface area contributed by atoms with Gasteiger partial charge < -0.3 is 5.32 Å². The van der Waals surface area contributed by atoms with Crippen molar-refractivity contribution in [3.05, 3.63) is 30.3 Å². The molecule has 1 atom stereocenters. The fraction of sp³-hybridized carbons (Fsp3) is 0.647. The van der Waals surface area contributed by atoms with E-state index in [1.165, 1.54) is 11.3 Å². The van der Waals surface area contributed by atoms with Gasteiger partial charge in [-0.15, -0.1) is 11.8 Å². The molecule has 0 amide bonds. The number of benzene rings is 1. The van der Waals surface area contributed by atoms with Crippen LogP contribution in [-0.4, -0.2) is 41.4 Å². The molecule has 0 spiro atoms. The molecule has 3 heteroatoms. The van der Waals surface area contributed by atoms with Gasteiger partial charge in [-0.25, -0.2) is 0 Å². The molecule has 1 N–H and O–H groups in total. The Labute approximate surface area is 128 Å². The normalized spacial score (nSPS) is 26.6. The van der Waals surface area contributed by atoms with Gasteiger partial charge in [0.2, 0.25) is 0 Å². The van der Waals surface area contributed by atoms with Gasteiger partial charge in [0.15, 0.2) is 0 Å². The fourth-order valence-electron chi connectivity index (χ4n) is 2.64. The van der Waals surface area contributed by atoms with Crippen molar-refractivity contribution in [1.29, 1.82) is 0 Å². The molecule has 1 aromatic carbocycles. The average Bonchev–Trinajstić information content (AvgIpc) is 2.44. The number of thioether (sulfide) groups is 1. The van der Waals surface area contributed by atoms with Gasteiger partial charge in [-0.3, -0.25) is 4.90 Å². The second-order valence-electron chi connectivity index (χ2n) is 6.66. The van der Waals surface area contributed by atoms with Crippen LogP contribution in [0.15, 0.2) is 35.2 Å². The Kier molecular flexibility index (Phi) is 5.16. The fourth-order valence-corrected chi connectivity index (χ4v) is 3.54. The minimum Gasteiger partial charge on any atom is -0.308 e. The first-order valence-electron chi connectivity index (χ1n) is 7.63. The number of rotatable bonds is 5. The Bertz CT molecular complexity index is 418. The van der Waals surface area contributed by atoms with Crippen molar-refractivity contribution in [2.24, 2.45) is 0 Å². The second kappa shape index (κ2) is 6.50. The van der Waals surface area contributed by atoms with Crippen LogP contribution in [0.3, 0.4) is 0 Å². The van der Waals surface area contributed by atoms with Gasteiger partial charge in [0, 0.05) is 41.4 Å². The molecule has 0 aliphatic carbocycles. The third-order valence-corrected chi connectivity index (χ3v) is 5.49. The first kappa shape index (κ1) is 15.9. The highest BCUT2D eigenvalue weighted by Crippen LogP contribution is 2.26. The number of nitrogens with one attached hydrogen (secondary N) is 1. The van der Waals surface area contributed by atoms with Crippen LogP contribution in [0.5, 0.6) is 0 Å². The van der Waals surface area contributed by atoms with E-state index in [2.05, 4.69) is 68.2 Å². The van der Waals surface area contributed by atoms with E-state index in [4.69, 9.17) is 0 Å². The largest absolute Gasteiger partial charge is 0.308 e. The van der Waals surface area contributed by atoms with E-state index in [0.717, 1.165) is 25.4 Å². The van der Waals surface area contributed by atoms with E-state index < -0.39 is 0 Å². The minimum absolute atomic E-state index is 0.256. The van der Waals surface area contributed by atoms with Crippen LogP contribution in [-0.2, 0) is 0 Å². The summed E-state index contributed by atoms with van der Waals surface area (Å²) < 4.78 is 0. The van der Waals surface area contributed by atoms with E-state index in [9.17, 15) is 0 Å². The van der Waals surface area contributed by atoms with Gasteiger partial charge in [0.25, 0.3) is 0 Å². The number of hydrogen-bond acceptors (Lipinski definition) is 3.